The summed E-state index contributed by atoms with van der Waals surface area (Å²) < 4.78 is 6.88. The van der Waals surface area contributed by atoms with Crippen LogP contribution >= 0.6 is 11.6 Å². The normalized spacial score (nSPS) is 11.1. The van der Waals surface area contributed by atoms with Crippen LogP contribution in [0.3, 0.4) is 0 Å². The average Bonchev–Trinajstić information content (AvgIpc) is 2.87. The molecule has 7 heteroatoms. The number of halogens is 1. The van der Waals surface area contributed by atoms with Crippen molar-refractivity contribution in [3.63, 3.8) is 0 Å². The highest BCUT2D eigenvalue weighted by molar-refractivity contribution is 6.32. The molecule has 2 aromatic rings. The van der Waals surface area contributed by atoms with E-state index in [2.05, 4.69) is 34.7 Å². The van der Waals surface area contributed by atoms with Crippen LogP contribution in [0.25, 0.3) is 5.69 Å². The molecule has 1 heterocycles. The molecule has 0 spiro atoms. The number of nitrogens with one attached hydrogen (secondary N) is 1. The Kier molecular flexibility index (Phi) is 4.92. The molecule has 0 fully saturated rings. The summed E-state index contributed by atoms with van der Waals surface area (Å²) >= 11 is 6.02. The van der Waals surface area contributed by atoms with Crippen LogP contribution in [0.4, 0.5) is 0 Å². The van der Waals surface area contributed by atoms with Crippen molar-refractivity contribution >= 4 is 11.6 Å². The zero-order valence-electron chi connectivity index (χ0n) is 11.8. The lowest BCUT2D eigenvalue weighted by molar-refractivity contribution is 0.414. The number of aromatic nitrogens is 4. The Labute approximate surface area is 123 Å². The second-order valence-electron chi connectivity index (χ2n) is 4.85. The summed E-state index contributed by atoms with van der Waals surface area (Å²) in [4.78, 5) is 0. The van der Waals surface area contributed by atoms with E-state index in [1.165, 1.54) is 0 Å². The Morgan fingerprint density at radius 1 is 1.40 bits per heavy atom. The fourth-order valence-corrected chi connectivity index (χ4v) is 1.96. The molecule has 0 aliphatic rings. The van der Waals surface area contributed by atoms with Crippen LogP contribution in [0.15, 0.2) is 18.2 Å². The maximum absolute atomic E-state index is 6.02. The van der Waals surface area contributed by atoms with E-state index in [0.29, 0.717) is 23.2 Å². The van der Waals surface area contributed by atoms with Crippen LogP contribution in [-0.4, -0.2) is 33.9 Å². The van der Waals surface area contributed by atoms with Gasteiger partial charge in [0.15, 0.2) is 5.82 Å². The molecule has 1 aromatic heterocycles. The first kappa shape index (κ1) is 14.7. The van der Waals surface area contributed by atoms with Crippen molar-refractivity contribution in [2.24, 2.45) is 5.92 Å². The van der Waals surface area contributed by atoms with Gasteiger partial charge in [-0.1, -0.05) is 25.4 Å². The third-order valence-corrected chi connectivity index (χ3v) is 3.06. The molecule has 0 atom stereocenters. The molecule has 2 rings (SSSR count). The Morgan fingerprint density at radius 2 is 2.20 bits per heavy atom. The fraction of sp³-hybridized carbons (Fsp3) is 0.462. The zero-order valence-corrected chi connectivity index (χ0v) is 12.6. The van der Waals surface area contributed by atoms with E-state index in [1.807, 2.05) is 12.1 Å². The molecule has 20 heavy (non-hydrogen) atoms. The molecule has 0 unspecified atom stereocenters. The highest BCUT2D eigenvalue weighted by Gasteiger charge is 2.10. The van der Waals surface area contributed by atoms with Crippen molar-refractivity contribution in [2.45, 2.75) is 20.4 Å². The first-order chi connectivity index (χ1) is 9.61. The Balaban J connectivity index is 2.19. The minimum absolute atomic E-state index is 0.559. The first-order valence-corrected chi connectivity index (χ1v) is 6.81. The maximum Gasteiger partial charge on any atom is 0.170 e. The van der Waals surface area contributed by atoms with Gasteiger partial charge >= 0.3 is 0 Å². The molecule has 0 bridgehead atoms. The van der Waals surface area contributed by atoms with Crippen molar-refractivity contribution in [3.05, 3.63) is 29.0 Å². The standard InChI is InChI=1S/C13H18ClN5O/c1-9(2)7-15-8-13-16-17-18-19(13)10-4-5-11(14)12(6-10)20-3/h4-6,9,15H,7-8H2,1-3H3. The minimum Gasteiger partial charge on any atom is -0.495 e. The largest absolute Gasteiger partial charge is 0.495 e. The highest BCUT2D eigenvalue weighted by atomic mass is 35.5. The number of hydrogen-bond acceptors (Lipinski definition) is 5. The first-order valence-electron chi connectivity index (χ1n) is 6.43. The maximum atomic E-state index is 6.02. The van der Waals surface area contributed by atoms with Gasteiger partial charge in [0.25, 0.3) is 0 Å². The Bertz CT molecular complexity index is 570. The van der Waals surface area contributed by atoms with Crippen molar-refractivity contribution in [2.75, 3.05) is 13.7 Å². The van der Waals surface area contributed by atoms with Gasteiger partial charge in [-0.15, -0.1) is 5.10 Å². The predicted octanol–water partition coefficient (Wildman–Crippen LogP) is 2.07. The molecule has 0 amide bonds. The quantitative estimate of drug-likeness (QED) is 0.884. The van der Waals surface area contributed by atoms with E-state index in [1.54, 1.807) is 17.9 Å². The third kappa shape index (κ3) is 3.46. The van der Waals surface area contributed by atoms with E-state index in [0.717, 1.165) is 18.1 Å². The molecule has 0 aliphatic carbocycles. The number of ether oxygens (including phenoxy) is 1. The average molecular weight is 296 g/mol. The van der Waals surface area contributed by atoms with Gasteiger partial charge in [0, 0.05) is 6.07 Å². The van der Waals surface area contributed by atoms with Crippen LogP contribution in [0.5, 0.6) is 5.75 Å². The number of benzene rings is 1. The van der Waals surface area contributed by atoms with E-state index in [4.69, 9.17) is 16.3 Å². The molecule has 0 radical (unpaired) electrons. The SMILES string of the molecule is COc1cc(-n2nnnc2CNCC(C)C)ccc1Cl. The monoisotopic (exact) mass is 295 g/mol. The van der Waals surface area contributed by atoms with Gasteiger partial charge < -0.3 is 10.1 Å². The highest BCUT2D eigenvalue weighted by Crippen LogP contribution is 2.26. The van der Waals surface area contributed by atoms with Gasteiger partial charge in [0.1, 0.15) is 5.75 Å². The second-order valence-corrected chi connectivity index (χ2v) is 5.26. The zero-order chi connectivity index (χ0) is 14.5. The van der Waals surface area contributed by atoms with Gasteiger partial charge in [-0.25, -0.2) is 0 Å². The molecule has 108 valence electrons. The van der Waals surface area contributed by atoms with Crippen LogP contribution in [0.2, 0.25) is 5.02 Å². The number of rotatable bonds is 6. The van der Waals surface area contributed by atoms with E-state index in [-0.39, 0.29) is 0 Å². The topological polar surface area (TPSA) is 64.9 Å². The summed E-state index contributed by atoms with van der Waals surface area (Å²) in [5.41, 5.74) is 0.817. The van der Waals surface area contributed by atoms with E-state index < -0.39 is 0 Å². The predicted molar refractivity (Wildman–Crippen MR) is 77.3 cm³/mol. The van der Waals surface area contributed by atoms with Crippen molar-refractivity contribution in [1.82, 2.24) is 25.5 Å². The number of methoxy groups -OCH3 is 1. The van der Waals surface area contributed by atoms with Crippen molar-refractivity contribution in [1.29, 1.82) is 0 Å². The van der Waals surface area contributed by atoms with Crippen LogP contribution in [0, 0.1) is 5.92 Å². The Hall–Kier alpha value is -1.66. The van der Waals surface area contributed by atoms with Crippen LogP contribution in [-0.2, 0) is 6.54 Å². The minimum atomic E-state index is 0.559. The summed E-state index contributed by atoms with van der Waals surface area (Å²) in [6.45, 7) is 5.83. The molecule has 6 nitrogen and oxygen atoms in total. The summed E-state index contributed by atoms with van der Waals surface area (Å²) in [6.07, 6.45) is 0. The summed E-state index contributed by atoms with van der Waals surface area (Å²) in [6, 6.07) is 5.43. The molecule has 0 aliphatic heterocycles. The summed E-state index contributed by atoms with van der Waals surface area (Å²) in [5.74, 6) is 1.92. The second kappa shape index (κ2) is 6.67. The number of tetrazole rings is 1. The van der Waals surface area contributed by atoms with Gasteiger partial charge in [0.2, 0.25) is 0 Å². The Morgan fingerprint density at radius 3 is 2.90 bits per heavy atom. The lowest BCUT2D eigenvalue weighted by Crippen LogP contribution is -2.21. The lowest BCUT2D eigenvalue weighted by Gasteiger charge is -2.09. The van der Waals surface area contributed by atoms with E-state index >= 15 is 0 Å². The van der Waals surface area contributed by atoms with Crippen LogP contribution < -0.4 is 10.1 Å². The number of hydrogen-bond donors (Lipinski definition) is 1. The summed E-state index contributed by atoms with van der Waals surface area (Å²) in [7, 11) is 1.58. The van der Waals surface area contributed by atoms with E-state index in [9.17, 15) is 0 Å². The van der Waals surface area contributed by atoms with Gasteiger partial charge in [-0.3, -0.25) is 0 Å². The number of nitrogens with zero attached hydrogens (tertiary/aromatic N) is 4. The molecular weight excluding hydrogens is 278 g/mol. The summed E-state index contributed by atoms with van der Waals surface area (Å²) in [5, 5.41) is 15.6. The van der Waals surface area contributed by atoms with Gasteiger partial charge in [-0.2, -0.15) is 4.68 Å². The molecule has 1 N–H and O–H groups in total. The third-order valence-electron chi connectivity index (χ3n) is 2.75. The van der Waals surface area contributed by atoms with Crippen LogP contribution in [0.1, 0.15) is 19.7 Å². The van der Waals surface area contributed by atoms with Gasteiger partial charge in [-0.05, 0) is 35.0 Å². The molecular formula is C13H18ClN5O. The van der Waals surface area contributed by atoms with Crippen molar-refractivity contribution < 1.29 is 4.74 Å². The fourth-order valence-electron chi connectivity index (χ4n) is 1.77. The van der Waals surface area contributed by atoms with Gasteiger partial charge in [0.05, 0.1) is 24.4 Å². The van der Waals surface area contributed by atoms with Crippen molar-refractivity contribution in [3.8, 4) is 11.4 Å². The molecule has 1 aromatic carbocycles. The molecule has 0 saturated carbocycles. The smallest absolute Gasteiger partial charge is 0.170 e. The molecule has 0 saturated heterocycles. The lowest BCUT2D eigenvalue weighted by atomic mass is 10.2.